The second-order valence-corrected chi connectivity index (χ2v) is 10.2. The van der Waals surface area contributed by atoms with Gasteiger partial charge in [-0.25, -0.2) is 18.2 Å². The number of ether oxygens (including phenoxy) is 1. The molecule has 3 aromatic heterocycles. The van der Waals surface area contributed by atoms with E-state index in [-0.39, 0.29) is 57.9 Å². The van der Waals surface area contributed by atoms with Gasteiger partial charge in [0.1, 0.15) is 40.5 Å². The summed E-state index contributed by atoms with van der Waals surface area (Å²) in [4.78, 5) is 18.0. The Balaban J connectivity index is 0.00000368. The van der Waals surface area contributed by atoms with Gasteiger partial charge in [0.05, 0.1) is 28.0 Å². The molecule has 6 aromatic rings. The highest BCUT2D eigenvalue weighted by Gasteiger charge is 2.27. The van der Waals surface area contributed by atoms with E-state index in [4.69, 9.17) is 20.0 Å². The lowest BCUT2D eigenvalue weighted by atomic mass is 9.99. The van der Waals surface area contributed by atoms with Crippen LogP contribution in [0.3, 0.4) is 0 Å². The van der Waals surface area contributed by atoms with E-state index in [1.807, 2.05) is 0 Å². The molecule has 1 atom stereocenters. The quantitative estimate of drug-likeness (QED) is 0.209. The smallest absolute Gasteiger partial charge is 0.200 e. The summed E-state index contributed by atoms with van der Waals surface area (Å²) in [6.45, 7) is 5.36. The van der Waals surface area contributed by atoms with Crippen LogP contribution in [0.1, 0.15) is 32.6 Å². The summed E-state index contributed by atoms with van der Waals surface area (Å²) in [5, 5.41) is 5.29. The number of benzene rings is 3. The van der Waals surface area contributed by atoms with Crippen molar-refractivity contribution < 1.29 is 22.3 Å². The molecule has 0 spiro atoms. The molecule has 0 aliphatic heterocycles. The van der Waals surface area contributed by atoms with Crippen LogP contribution in [0.5, 0.6) is 5.75 Å². The van der Waals surface area contributed by atoms with Gasteiger partial charge in [0.2, 0.25) is 5.43 Å². The highest BCUT2D eigenvalue weighted by Crippen LogP contribution is 2.38. The Morgan fingerprint density at radius 1 is 0.930 bits per heavy atom. The van der Waals surface area contributed by atoms with Gasteiger partial charge in [-0.1, -0.05) is 12.1 Å². The topological polar surface area (TPSA) is 96.2 Å². The second-order valence-electron chi connectivity index (χ2n) is 10.2. The van der Waals surface area contributed by atoms with Gasteiger partial charge in [-0.3, -0.25) is 9.48 Å². The van der Waals surface area contributed by atoms with Crippen molar-refractivity contribution in [2.24, 2.45) is 0 Å². The van der Waals surface area contributed by atoms with Crippen LogP contribution < -0.4 is 15.9 Å². The number of hydrogen-bond donors (Lipinski definition) is 1. The minimum absolute atomic E-state index is 0. The summed E-state index contributed by atoms with van der Waals surface area (Å²) in [6.07, 6.45) is 1.30. The highest BCUT2D eigenvalue weighted by molar-refractivity contribution is 6.00. The maximum absolute atomic E-state index is 15.0. The third-order valence-corrected chi connectivity index (χ3v) is 6.96. The van der Waals surface area contributed by atoms with Crippen LogP contribution in [0.2, 0.25) is 0 Å². The van der Waals surface area contributed by atoms with Crippen molar-refractivity contribution >= 4 is 40.1 Å². The summed E-state index contributed by atoms with van der Waals surface area (Å²) in [5.74, 6) is -1.29. The average Bonchev–Trinajstić information content (AvgIpc) is 3.35. The van der Waals surface area contributed by atoms with E-state index in [1.165, 1.54) is 48.7 Å². The van der Waals surface area contributed by atoms with Crippen LogP contribution in [-0.2, 0) is 0 Å². The summed E-state index contributed by atoms with van der Waals surface area (Å²) in [6, 6.07) is 14.6. The molecule has 11 heteroatoms. The first-order chi connectivity index (χ1) is 20.1. The molecule has 0 radical (unpaired) electrons. The van der Waals surface area contributed by atoms with Crippen LogP contribution in [0.25, 0.3) is 44.3 Å². The molecule has 0 saturated carbocycles. The molecule has 0 aliphatic rings. The van der Waals surface area contributed by atoms with Gasteiger partial charge in [-0.2, -0.15) is 5.10 Å². The van der Waals surface area contributed by atoms with Gasteiger partial charge in [-0.05, 0) is 80.9 Å². The van der Waals surface area contributed by atoms with E-state index in [2.05, 4.69) is 4.98 Å². The zero-order valence-corrected chi connectivity index (χ0v) is 24.1. The van der Waals surface area contributed by atoms with E-state index in [0.29, 0.717) is 22.2 Å². The zero-order chi connectivity index (χ0) is 29.7. The molecule has 0 amide bonds. The molecule has 6 rings (SSSR count). The van der Waals surface area contributed by atoms with Crippen LogP contribution in [-0.4, -0.2) is 20.9 Å². The second kappa shape index (κ2) is 11.4. The molecular formula is C32H26ClF3N4O3. The summed E-state index contributed by atoms with van der Waals surface area (Å²) >= 11 is 0. The third-order valence-electron chi connectivity index (χ3n) is 6.96. The van der Waals surface area contributed by atoms with Crippen LogP contribution >= 0.6 is 12.4 Å². The lowest BCUT2D eigenvalue weighted by Gasteiger charge is -2.18. The largest absolute Gasteiger partial charge is 0.488 e. The summed E-state index contributed by atoms with van der Waals surface area (Å²) in [7, 11) is 0. The van der Waals surface area contributed by atoms with Crippen molar-refractivity contribution in [3.8, 4) is 28.1 Å². The maximum Gasteiger partial charge on any atom is 0.200 e. The SMILES string of the molecule is CC(C)Oc1ccc(-c2nn([C@@H](C)c3oc4ccc(F)cc4c(=O)c3-c3cccc(F)c3)c3ccnc(N)c23)cc1F.Cl. The molecule has 0 fully saturated rings. The molecule has 3 heterocycles. The summed E-state index contributed by atoms with van der Waals surface area (Å²) in [5.41, 5.74) is 7.58. The van der Waals surface area contributed by atoms with Crippen molar-refractivity contribution in [3.63, 3.8) is 0 Å². The van der Waals surface area contributed by atoms with Crippen molar-refractivity contribution in [1.29, 1.82) is 0 Å². The molecule has 220 valence electrons. The number of nitrogens with zero attached hydrogens (tertiary/aromatic N) is 3. The predicted molar refractivity (Wildman–Crippen MR) is 162 cm³/mol. The Labute approximate surface area is 250 Å². The molecule has 0 aliphatic carbocycles. The van der Waals surface area contributed by atoms with E-state index in [0.717, 1.165) is 6.07 Å². The van der Waals surface area contributed by atoms with E-state index in [9.17, 15) is 13.6 Å². The van der Waals surface area contributed by atoms with E-state index >= 15 is 4.39 Å². The minimum Gasteiger partial charge on any atom is -0.488 e. The van der Waals surface area contributed by atoms with Crippen LogP contribution in [0.15, 0.2) is 82.1 Å². The number of anilines is 1. The fraction of sp³-hybridized carbons (Fsp3) is 0.156. The van der Waals surface area contributed by atoms with Crippen molar-refractivity contribution in [1.82, 2.24) is 14.8 Å². The lowest BCUT2D eigenvalue weighted by Crippen LogP contribution is -2.16. The Hall–Kier alpha value is -4.83. The fourth-order valence-electron chi connectivity index (χ4n) is 5.11. The maximum atomic E-state index is 15.0. The number of pyridine rings is 1. The number of aromatic nitrogens is 3. The van der Waals surface area contributed by atoms with Crippen molar-refractivity contribution in [2.45, 2.75) is 32.9 Å². The molecule has 0 bridgehead atoms. The molecule has 2 N–H and O–H groups in total. The van der Waals surface area contributed by atoms with Crippen LogP contribution in [0, 0.1) is 17.5 Å². The van der Waals surface area contributed by atoms with Crippen LogP contribution in [0.4, 0.5) is 19.0 Å². The summed E-state index contributed by atoms with van der Waals surface area (Å²) < 4.78 is 56.8. The molecule has 0 saturated heterocycles. The lowest BCUT2D eigenvalue weighted by molar-refractivity contribution is 0.231. The Kier molecular flexibility index (Phi) is 7.90. The van der Waals surface area contributed by atoms with Gasteiger partial charge in [-0.15, -0.1) is 12.4 Å². The monoisotopic (exact) mass is 606 g/mol. The number of nitrogen functional groups attached to an aromatic ring is 1. The van der Waals surface area contributed by atoms with Gasteiger partial charge in [0, 0.05) is 11.8 Å². The number of fused-ring (bicyclic) bond motifs is 2. The first-order valence-electron chi connectivity index (χ1n) is 13.2. The Bertz CT molecular complexity index is 2060. The zero-order valence-electron chi connectivity index (χ0n) is 23.3. The molecule has 0 unspecified atom stereocenters. The Morgan fingerprint density at radius 2 is 1.70 bits per heavy atom. The molecule has 43 heavy (non-hydrogen) atoms. The van der Waals surface area contributed by atoms with Crippen molar-refractivity contribution in [2.75, 3.05) is 5.73 Å². The molecular weight excluding hydrogens is 581 g/mol. The van der Waals surface area contributed by atoms with Gasteiger partial charge in [0.15, 0.2) is 11.6 Å². The number of rotatable bonds is 6. The third kappa shape index (κ3) is 5.30. The van der Waals surface area contributed by atoms with E-state index in [1.54, 1.807) is 43.7 Å². The van der Waals surface area contributed by atoms with Gasteiger partial charge in [0.25, 0.3) is 0 Å². The van der Waals surface area contributed by atoms with Gasteiger partial charge >= 0.3 is 0 Å². The highest BCUT2D eigenvalue weighted by atomic mass is 35.5. The van der Waals surface area contributed by atoms with E-state index < -0.39 is 28.9 Å². The first kappa shape index (κ1) is 29.7. The number of hydrogen-bond acceptors (Lipinski definition) is 6. The van der Waals surface area contributed by atoms with Crippen molar-refractivity contribution in [3.05, 3.63) is 106 Å². The minimum atomic E-state index is -0.753. The number of halogens is 4. The average molecular weight is 607 g/mol. The molecule has 3 aromatic carbocycles. The standard InChI is InChI=1S/C32H25F3N4O3.ClH/c1-16(2)41-26-9-7-19(14-23(26)35)29-28-24(11-12-37-32(28)36)39(38-29)17(3)31-27(18-5-4-6-20(33)13-18)30(40)22-15-21(34)8-10-25(22)42-31;/h4-17H,1-3H3,(H2,36,37);1H/t17-;/m0./s1. The molecule has 7 nitrogen and oxygen atoms in total. The first-order valence-corrected chi connectivity index (χ1v) is 13.2. The number of nitrogens with two attached hydrogens (primary N) is 1. The fourth-order valence-corrected chi connectivity index (χ4v) is 5.11. The Morgan fingerprint density at radius 3 is 2.42 bits per heavy atom. The normalized spacial score (nSPS) is 12.1. The van der Waals surface area contributed by atoms with Gasteiger partial charge < -0.3 is 14.9 Å². The predicted octanol–water partition coefficient (Wildman–Crippen LogP) is 7.69.